The van der Waals surface area contributed by atoms with E-state index in [9.17, 15) is 0 Å². The predicted molar refractivity (Wildman–Crippen MR) is 102 cm³/mol. The van der Waals surface area contributed by atoms with Crippen LogP contribution in [0.3, 0.4) is 0 Å². The lowest BCUT2D eigenvalue weighted by molar-refractivity contribution is 0.619. The lowest BCUT2D eigenvalue weighted by Crippen LogP contribution is -1.97. The molecule has 0 fully saturated rings. The summed E-state index contributed by atoms with van der Waals surface area (Å²) in [5.41, 5.74) is 3.28. The zero-order chi connectivity index (χ0) is 17.3. The van der Waals surface area contributed by atoms with Gasteiger partial charge < -0.3 is 9.73 Å². The Morgan fingerprint density at radius 2 is 1.54 bits per heavy atom. The molecule has 0 saturated carbocycles. The monoisotopic (exact) mass is 338 g/mol. The van der Waals surface area contributed by atoms with Crippen LogP contribution in [0.4, 0.5) is 11.6 Å². The van der Waals surface area contributed by atoms with Gasteiger partial charge in [0.15, 0.2) is 5.58 Å². The van der Waals surface area contributed by atoms with Crippen molar-refractivity contribution in [1.82, 2.24) is 15.0 Å². The third-order valence-corrected chi connectivity index (χ3v) is 4.23. The summed E-state index contributed by atoms with van der Waals surface area (Å²) in [5, 5.41) is 5.57. The number of nitrogens with zero attached hydrogens (tertiary/aromatic N) is 3. The molecule has 5 rings (SSSR count). The highest BCUT2D eigenvalue weighted by Gasteiger charge is 2.09. The van der Waals surface area contributed by atoms with Crippen LogP contribution in [0.15, 0.2) is 83.5 Å². The smallest absolute Gasteiger partial charge is 0.230 e. The molecule has 0 unspecified atom stereocenters. The van der Waals surface area contributed by atoms with Gasteiger partial charge in [-0.15, -0.1) is 0 Å². The van der Waals surface area contributed by atoms with Crippen molar-refractivity contribution in [3.05, 3.63) is 79.1 Å². The summed E-state index contributed by atoms with van der Waals surface area (Å²) in [6.45, 7) is 0. The summed E-state index contributed by atoms with van der Waals surface area (Å²) in [6.07, 6.45) is 3.43. The maximum Gasteiger partial charge on any atom is 0.230 e. The van der Waals surface area contributed by atoms with Crippen molar-refractivity contribution in [2.75, 3.05) is 5.32 Å². The van der Waals surface area contributed by atoms with Crippen LogP contribution in [-0.4, -0.2) is 15.0 Å². The summed E-state index contributed by atoms with van der Waals surface area (Å²) in [4.78, 5) is 13.3. The molecule has 0 atom stereocenters. The Morgan fingerprint density at radius 3 is 2.42 bits per heavy atom. The van der Waals surface area contributed by atoms with Crippen LogP contribution in [0.25, 0.3) is 33.3 Å². The van der Waals surface area contributed by atoms with Crippen LogP contribution >= 0.6 is 0 Å². The number of benzene rings is 3. The first-order valence-electron chi connectivity index (χ1n) is 8.30. The van der Waals surface area contributed by atoms with Gasteiger partial charge >= 0.3 is 0 Å². The fourth-order valence-electron chi connectivity index (χ4n) is 2.95. The van der Waals surface area contributed by atoms with Crippen LogP contribution in [0, 0.1) is 0 Å². The van der Waals surface area contributed by atoms with E-state index in [1.807, 2.05) is 48.5 Å². The average molecular weight is 338 g/mol. The Kier molecular flexibility index (Phi) is 3.35. The van der Waals surface area contributed by atoms with Crippen LogP contribution in [0.2, 0.25) is 0 Å². The highest BCUT2D eigenvalue weighted by Crippen LogP contribution is 2.26. The van der Waals surface area contributed by atoms with Gasteiger partial charge in [0.2, 0.25) is 11.8 Å². The largest absolute Gasteiger partial charge is 0.436 e. The number of hydrogen-bond acceptors (Lipinski definition) is 5. The summed E-state index contributed by atoms with van der Waals surface area (Å²) in [6, 6.07) is 22.0. The first-order chi connectivity index (χ1) is 12.9. The topological polar surface area (TPSA) is 63.8 Å². The molecule has 124 valence electrons. The van der Waals surface area contributed by atoms with Gasteiger partial charge in [-0.05, 0) is 23.6 Å². The number of nitrogens with one attached hydrogen (secondary N) is 1. The first kappa shape index (κ1) is 14.6. The number of para-hydroxylation sites is 2. The fraction of sp³-hybridized carbons (Fsp3) is 0. The molecular weight excluding hydrogens is 324 g/mol. The predicted octanol–water partition coefficient (Wildman–Crippen LogP) is 5.18. The van der Waals surface area contributed by atoms with E-state index in [1.54, 1.807) is 12.4 Å². The van der Waals surface area contributed by atoms with Crippen LogP contribution in [-0.2, 0) is 0 Å². The molecule has 5 heteroatoms. The number of fused-ring (bicyclic) bond motifs is 2. The molecule has 2 heterocycles. The van der Waals surface area contributed by atoms with Crippen molar-refractivity contribution in [3.63, 3.8) is 0 Å². The zero-order valence-electron chi connectivity index (χ0n) is 13.8. The maximum atomic E-state index is 5.76. The SMILES string of the molecule is c1ccc2c(Nc3ncc(-c4nc5ccccc5o4)cn3)cccc2c1. The van der Waals surface area contributed by atoms with Crippen LogP contribution < -0.4 is 5.32 Å². The Labute approximate surface area is 149 Å². The standard InChI is InChI=1S/C21H14N4O/c1-2-8-16-14(6-1)7-5-10-17(16)25-21-22-12-15(13-23-21)20-24-18-9-3-4-11-19(18)26-20/h1-13H,(H,22,23,25). The lowest BCUT2D eigenvalue weighted by Gasteiger charge is -2.08. The minimum atomic E-state index is 0.517. The molecule has 0 aliphatic rings. The second-order valence-electron chi connectivity index (χ2n) is 5.93. The Hall–Kier alpha value is -3.73. The summed E-state index contributed by atoms with van der Waals surface area (Å²) in [5.74, 6) is 1.05. The summed E-state index contributed by atoms with van der Waals surface area (Å²) < 4.78 is 5.76. The number of aromatic nitrogens is 3. The van der Waals surface area contributed by atoms with Crippen molar-refractivity contribution < 1.29 is 4.42 Å². The second-order valence-corrected chi connectivity index (χ2v) is 5.93. The van der Waals surface area contributed by atoms with Crippen LogP contribution in [0.1, 0.15) is 0 Å². The zero-order valence-corrected chi connectivity index (χ0v) is 13.8. The van der Waals surface area contributed by atoms with E-state index in [4.69, 9.17) is 4.42 Å². The number of rotatable bonds is 3. The number of anilines is 2. The van der Waals surface area contributed by atoms with Gasteiger partial charge in [0.25, 0.3) is 0 Å². The molecule has 3 aromatic carbocycles. The van der Waals surface area contributed by atoms with Gasteiger partial charge in [0, 0.05) is 23.5 Å². The maximum absolute atomic E-state index is 5.76. The first-order valence-corrected chi connectivity index (χ1v) is 8.30. The molecule has 1 N–H and O–H groups in total. The molecular formula is C21H14N4O. The molecule has 2 aromatic heterocycles. The van der Waals surface area contributed by atoms with E-state index in [0.717, 1.165) is 27.7 Å². The van der Waals surface area contributed by atoms with Crippen molar-refractivity contribution in [2.45, 2.75) is 0 Å². The molecule has 5 aromatic rings. The van der Waals surface area contributed by atoms with Gasteiger partial charge in [-0.3, -0.25) is 0 Å². The van der Waals surface area contributed by atoms with E-state index in [-0.39, 0.29) is 0 Å². The fourth-order valence-corrected chi connectivity index (χ4v) is 2.95. The minimum Gasteiger partial charge on any atom is -0.436 e. The lowest BCUT2D eigenvalue weighted by atomic mass is 10.1. The van der Waals surface area contributed by atoms with Crippen molar-refractivity contribution in [2.24, 2.45) is 0 Å². The summed E-state index contributed by atoms with van der Waals surface area (Å²) in [7, 11) is 0. The van der Waals surface area contributed by atoms with Crippen molar-refractivity contribution in [3.8, 4) is 11.5 Å². The molecule has 26 heavy (non-hydrogen) atoms. The highest BCUT2D eigenvalue weighted by atomic mass is 16.3. The molecule has 5 nitrogen and oxygen atoms in total. The molecule has 0 aliphatic carbocycles. The molecule has 0 radical (unpaired) electrons. The number of oxazole rings is 1. The Bertz CT molecular complexity index is 1170. The van der Waals surface area contributed by atoms with E-state index < -0.39 is 0 Å². The molecule has 0 spiro atoms. The van der Waals surface area contributed by atoms with Gasteiger partial charge in [-0.2, -0.15) is 0 Å². The molecule has 0 saturated heterocycles. The quantitative estimate of drug-likeness (QED) is 0.491. The van der Waals surface area contributed by atoms with E-state index in [1.165, 1.54) is 5.39 Å². The Morgan fingerprint density at radius 1 is 0.769 bits per heavy atom. The summed E-state index contributed by atoms with van der Waals surface area (Å²) >= 11 is 0. The second kappa shape index (κ2) is 5.97. The van der Waals surface area contributed by atoms with E-state index >= 15 is 0 Å². The molecule has 0 bridgehead atoms. The van der Waals surface area contributed by atoms with E-state index in [0.29, 0.717) is 11.8 Å². The normalized spacial score (nSPS) is 11.1. The average Bonchev–Trinajstić information content (AvgIpc) is 3.13. The van der Waals surface area contributed by atoms with E-state index in [2.05, 4.69) is 38.5 Å². The van der Waals surface area contributed by atoms with Gasteiger partial charge in [0.1, 0.15) is 5.52 Å². The molecule has 0 amide bonds. The van der Waals surface area contributed by atoms with Crippen LogP contribution in [0.5, 0.6) is 0 Å². The highest BCUT2D eigenvalue weighted by molar-refractivity contribution is 5.94. The Balaban J connectivity index is 1.46. The van der Waals surface area contributed by atoms with Crippen molar-refractivity contribution >= 4 is 33.5 Å². The number of hydrogen-bond donors (Lipinski definition) is 1. The van der Waals surface area contributed by atoms with Crippen molar-refractivity contribution in [1.29, 1.82) is 0 Å². The third kappa shape index (κ3) is 2.56. The minimum absolute atomic E-state index is 0.517. The van der Waals surface area contributed by atoms with Gasteiger partial charge in [-0.25, -0.2) is 15.0 Å². The van der Waals surface area contributed by atoms with Gasteiger partial charge in [0.05, 0.1) is 5.56 Å². The van der Waals surface area contributed by atoms with Gasteiger partial charge in [-0.1, -0.05) is 48.5 Å². The third-order valence-electron chi connectivity index (χ3n) is 4.23. The molecule has 0 aliphatic heterocycles.